The van der Waals surface area contributed by atoms with E-state index in [0.29, 0.717) is 17.4 Å². The molecule has 2 aliphatic rings. The summed E-state index contributed by atoms with van der Waals surface area (Å²) >= 11 is 1.47. The SMILES string of the molecule is CC(C)Cc1ccc(C(C)C2=NC3S/C(=C/c4cccc(OCc5ccccc5)c4)C(=O)N3N2)cc1. The standard InChI is InChI=1S/C30H31N3O2S/c1-20(2)16-22-12-14-25(15-13-22)21(3)28-31-30-33(32-28)29(34)27(36-30)18-24-10-7-11-26(17-24)35-19-23-8-5-4-6-9-23/h4-15,17-18,20-21,30H,16,19H2,1-3H3,(H,31,32)/b27-18+. The van der Waals surface area contributed by atoms with E-state index in [0.717, 1.165) is 29.1 Å². The summed E-state index contributed by atoms with van der Waals surface area (Å²) < 4.78 is 5.94. The summed E-state index contributed by atoms with van der Waals surface area (Å²) in [6, 6.07) is 26.6. The van der Waals surface area contributed by atoms with E-state index >= 15 is 0 Å². The Labute approximate surface area is 217 Å². The summed E-state index contributed by atoms with van der Waals surface area (Å²) in [4.78, 5) is 18.6. The summed E-state index contributed by atoms with van der Waals surface area (Å²) in [6.45, 7) is 7.09. The zero-order chi connectivity index (χ0) is 25.1. The first kappa shape index (κ1) is 24.2. The Morgan fingerprint density at radius 2 is 1.78 bits per heavy atom. The number of carbonyl (C=O) groups excluding carboxylic acids is 1. The van der Waals surface area contributed by atoms with Gasteiger partial charge in [0.25, 0.3) is 5.91 Å². The average molecular weight is 498 g/mol. The van der Waals surface area contributed by atoms with E-state index in [1.807, 2.05) is 60.7 Å². The van der Waals surface area contributed by atoms with Crippen molar-refractivity contribution < 1.29 is 9.53 Å². The van der Waals surface area contributed by atoms with Crippen molar-refractivity contribution in [2.45, 2.75) is 45.2 Å². The maximum Gasteiger partial charge on any atom is 0.281 e. The lowest BCUT2D eigenvalue weighted by Crippen LogP contribution is -2.41. The van der Waals surface area contributed by atoms with Crippen LogP contribution in [0.15, 0.2) is 88.8 Å². The van der Waals surface area contributed by atoms with Gasteiger partial charge < -0.3 is 4.74 Å². The van der Waals surface area contributed by atoms with Crippen molar-refractivity contribution in [2.24, 2.45) is 10.9 Å². The van der Waals surface area contributed by atoms with Gasteiger partial charge in [-0.2, -0.15) is 0 Å². The van der Waals surface area contributed by atoms with Gasteiger partial charge in [0.15, 0.2) is 5.50 Å². The molecule has 5 nitrogen and oxygen atoms in total. The minimum atomic E-state index is -0.279. The number of fused-ring (bicyclic) bond motifs is 1. The summed E-state index contributed by atoms with van der Waals surface area (Å²) in [5.74, 6) is 2.27. The van der Waals surface area contributed by atoms with Crippen LogP contribution in [0.2, 0.25) is 0 Å². The van der Waals surface area contributed by atoms with E-state index in [4.69, 9.17) is 9.73 Å². The molecule has 2 atom stereocenters. The van der Waals surface area contributed by atoms with Crippen LogP contribution in [0.1, 0.15) is 48.9 Å². The summed E-state index contributed by atoms with van der Waals surface area (Å²) in [6.07, 6.45) is 2.99. The molecule has 0 spiro atoms. The van der Waals surface area contributed by atoms with E-state index in [1.165, 1.54) is 22.9 Å². The third-order valence-electron chi connectivity index (χ3n) is 6.31. The maximum absolute atomic E-state index is 13.1. The molecule has 2 unspecified atom stereocenters. The zero-order valence-electron chi connectivity index (χ0n) is 20.8. The molecule has 2 aliphatic heterocycles. The molecule has 1 N–H and O–H groups in total. The fraction of sp³-hybridized carbons (Fsp3) is 0.267. The van der Waals surface area contributed by atoms with Crippen molar-refractivity contribution in [2.75, 3.05) is 0 Å². The number of nitrogens with zero attached hydrogens (tertiary/aromatic N) is 2. The minimum absolute atomic E-state index is 0.0566. The van der Waals surface area contributed by atoms with E-state index in [-0.39, 0.29) is 17.3 Å². The lowest BCUT2D eigenvalue weighted by atomic mass is 9.96. The number of rotatable bonds is 8. The number of hydrogen-bond donors (Lipinski definition) is 1. The second kappa shape index (κ2) is 10.6. The molecule has 1 amide bonds. The highest BCUT2D eigenvalue weighted by molar-refractivity contribution is 8.05. The molecule has 3 aromatic carbocycles. The Balaban J connectivity index is 1.24. The van der Waals surface area contributed by atoms with Crippen LogP contribution in [0.25, 0.3) is 6.08 Å². The molecule has 0 bridgehead atoms. The second-order valence-electron chi connectivity index (χ2n) is 9.66. The predicted molar refractivity (Wildman–Crippen MR) is 147 cm³/mol. The number of amides is 1. The van der Waals surface area contributed by atoms with Crippen molar-refractivity contribution >= 4 is 29.6 Å². The molecule has 6 heteroatoms. The minimum Gasteiger partial charge on any atom is -0.489 e. The Morgan fingerprint density at radius 3 is 2.50 bits per heavy atom. The highest BCUT2D eigenvalue weighted by Crippen LogP contribution is 2.39. The monoisotopic (exact) mass is 497 g/mol. The lowest BCUT2D eigenvalue weighted by molar-refractivity contribution is -0.127. The molecule has 1 saturated heterocycles. The van der Waals surface area contributed by atoms with Gasteiger partial charge in [-0.25, -0.2) is 10.0 Å². The van der Waals surface area contributed by atoms with Crippen LogP contribution in [0.3, 0.4) is 0 Å². The molecule has 0 aromatic heterocycles. The molecule has 0 radical (unpaired) electrons. The number of hydrogen-bond acceptors (Lipinski definition) is 5. The first-order valence-corrected chi connectivity index (χ1v) is 13.3. The molecular formula is C30H31N3O2S. The van der Waals surface area contributed by atoms with Crippen LogP contribution >= 0.6 is 11.8 Å². The molecule has 5 rings (SSSR count). The van der Waals surface area contributed by atoms with Gasteiger partial charge in [0.1, 0.15) is 18.2 Å². The molecule has 0 aliphatic carbocycles. The summed E-state index contributed by atoms with van der Waals surface area (Å²) in [5, 5.41) is 1.63. The normalized spacial score (nSPS) is 18.8. The van der Waals surface area contributed by atoms with Gasteiger partial charge in [0, 0.05) is 5.92 Å². The number of amidine groups is 1. The van der Waals surface area contributed by atoms with E-state index in [2.05, 4.69) is 50.5 Å². The van der Waals surface area contributed by atoms with Gasteiger partial charge in [-0.1, -0.05) is 99.3 Å². The van der Waals surface area contributed by atoms with Crippen molar-refractivity contribution in [3.8, 4) is 5.75 Å². The molecular weight excluding hydrogens is 466 g/mol. The summed E-state index contributed by atoms with van der Waals surface area (Å²) in [7, 11) is 0. The number of thioether (sulfide) groups is 1. The van der Waals surface area contributed by atoms with Gasteiger partial charge in [-0.15, -0.1) is 0 Å². The Morgan fingerprint density at radius 1 is 1.00 bits per heavy atom. The largest absolute Gasteiger partial charge is 0.489 e. The Hall–Kier alpha value is -3.51. The topological polar surface area (TPSA) is 53.9 Å². The molecule has 1 fully saturated rings. The Bertz CT molecular complexity index is 1290. The molecule has 36 heavy (non-hydrogen) atoms. The number of aliphatic imine (C=N–C) groups is 1. The molecule has 184 valence electrons. The molecule has 0 saturated carbocycles. The van der Waals surface area contributed by atoms with E-state index < -0.39 is 0 Å². The predicted octanol–water partition coefficient (Wildman–Crippen LogP) is 6.38. The van der Waals surface area contributed by atoms with Crippen LogP contribution in [0.5, 0.6) is 5.75 Å². The highest BCUT2D eigenvalue weighted by Gasteiger charge is 2.41. The third-order valence-corrected chi connectivity index (χ3v) is 7.38. The first-order chi connectivity index (χ1) is 17.5. The summed E-state index contributed by atoms with van der Waals surface area (Å²) in [5.41, 5.74) is 7.56. The number of ether oxygens (including phenoxy) is 1. The van der Waals surface area contributed by atoms with Crippen LogP contribution in [0.4, 0.5) is 0 Å². The lowest BCUT2D eigenvalue weighted by Gasteiger charge is -2.17. The van der Waals surface area contributed by atoms with Crippen molar-refractivity contribution in [1.82, 2.24) is 10.4 Å². The molecule has 3 aromatic rings. The number of hydrazine groups is 1. The van der Waals surface area contributed by atoms with Gasteiger partial charge in [-0.05, 0) is 52.8 Å². The fourth-order valence-electron chi connectivity index (χ4n) is 4.36. The quantitative estimate of drug-likeness (QED) is 0.367. The smallest absolute Gasteiger partial charge is 0.281 e. The number of carbonyl (C=O) groups is 1. The highest BCUT2D eigenvalue weighted by atomic mass is 32.2. The number of benzene rings is 3. The van der Waals surface area contributed by atoms with Crippen molar-refractivity contribution in [3.63, 3.8) is 0 Å². The zero-order valence-corrected chi connectivity index (χ0v) is 21.7. The molecule has 2 heterocycles. The van der Waals surface area contributed by atoms with Crippen LogP contribution in [-0.2, 0) is 17.8 Å². The Kier molecular flexibility index (Phi) is 7.14. The third kappa shape index (κ3) is 5.49. The van der Waals surface area contributed by atoms with Crippen LogP contribution in [-0.4, -0.2) is 22.2 Å². The van der Waals surface area contributed by atoms with Crippen molar-refractivity contribution in [1.29, 1.82) is 0 Å². The van der Waals surface area contributed by atoms with Gasteiger partial charge in [0.05, 0.1) is 4.91 Å². The van der Waals surface area contributed by atoms with E-state index in [9.17, 15) is 4.79 Å². The first-order valence-electron chi connectivity index (χ1n) is 12.4. The van der Waals surface area contributed by atoms with Crippen molar-refractivity contribution in [3.05, 3.63) is 106 Å². The number of nitrogens with one attached hydrogen (secondary N) is 1. The van der Waals surface area contributed by atoms with Crippen LogP contribution < -0.4 is 10.2 Å². The fourth-order valence-corrected chi connectivity index (χ4v) is 5.41. The maximum atomic E-state index is 13.1. The van der Waals surface area contributed by atoms with E-state index in [1.54, 1.807) is 5.01 Å². The van der Waals surface area contributed by atoms with Gasteiger partial charge in [-0.3, -0.25) is 10.2 Å². The average Bonchev–Trinajstić information content (AvgIpc) is 3.42. The second-order valence-corrected chi connectivity index (χ2v) is 10.8. The van der Waals surface area contributed by atoms with Gasteiger partial charge in [0.2, 0.25) is 0 Å². The van der Waals surface area contributed by atoms with Gasteiger partial charge >= 0.3 is 0 Å². The van der Waals surface area contributed by atoms with Crippen LogP contribution in [0, 0.1) is 5.92 Å².